The normalized spacial score (nSPS) is 17.1. The van der Waals surface area contributed by atoms with Crippen LogP contribution in [0.5, 0.6) is 0 Å². The molecule has 4 nitrogen and oxygen atoms in total. The van der Waals surface area contributed by atoms with Crippen molar-refractivity contribution in [3.8, 4) is 0 Å². The van der Waals surface area contributed by atoms with Crippen molar-refractivity contribution in [1.82, 2.24) is 9.88 Å². The number of hydrogen-bond donors (Lipinski definition) is 0. The molecule has 0 aromatic carbocycles. The van der Waals surface area contributed by atoms with Crippen molar-refractivity contribution >= 4 is 23.7 Å². The zero-order chi connectivity index (χ0) is 11.4. The lowest BCUT2D eigenvalue weighted by molar-refractivity contribution is -0.117. The van der Waals surface area contributed by atoms with E-state index in [2.05, 4.69) is 9.88 Å². The van der Waals surface area contributed by atoms with Crippen LogP contribution in [0.25, 0.3) is 0 Å². The van der Waals surface area contributed by atoms with Gasteiger partial charge in [0.25, 0.3) is 0 Å². The molecular weight excluding hydrogens is 226 g/mol. The third-order valence-electron chi connectivity index (χ3n) is 2.77. The second kappa shape index (κ2) is 5.16. The summed E-state index contributed by atoms with van der Waals surface area (Å²) in [5, 5.41) is 0.669. The number of aromatic nitrogens is 1. The van der Waals surface area contributed by atoms with E-state index in [9.17, 15) is 4.79 Å². The van der Waals surface area contributed by atoms with Crippen LogP contribution in [-0.4, -0.2) is 42.5 Å². The summed E-state index contributed by atoms with van der Waals surface area (Å²) < 4.78 is 0. The maximum Gasteiger partial charge on any atom is 0.209 e. The Morgan fingerprint density at radius 3 is 2.94 bits per heavy atom. The van der Waals surface area contributed by atoms with E-state index >= 15 is 0 Å². The first-order chi connectivity index (χ1) is 7.81. The highest BCUT2D eigenvalue weighted by molar-refractivity contribution is 6.33. The van der Waals surface area contributed by atoms with Gasteiger partial charge in [0.15, 0.2) is 0 Å². The second-order valence-corrected chi connectivity index (χ2v) is 4.22. The van der Waals surface area contributed by atoms with E-state index in [4.69, 9.17) is 11.6 Å². The Morgan fingerprint density at radius 2 is 2.19 bits per heavy atom. The van der Waals surface area contributed by atoms with E-state index in [0.717, 1.165) is 44.7 Å². The van der Waals surface area contributed by atoms with Gasteiger partial charge in [0.1, 0.15) is 0 Å². The van der Waals surface area contributed by atoms with Gasteiger partial charge in [-0.1, -0.05) is 11.6 Å². The standard InChI is InChI=1S/C11H14ClN3O/c12-10-8-13-3-2-11(10)15-5-1-4-14(9-16)6-7-15/h2-3,8-9H,1,4-7H2. The molecule has 2 heterocycles. The molecule has 0 unspecified atom stereocenters. The lowest BCUT2D eigenvalue weighted by Crippen LogP contribution is -2.30. The van der Waals surface area contributed by atoms with Gasteiger partial charge in [-0.3, -0.25) is 9.78 Å². The highest BCUT2D eigenvalue weighted by Gasteiger charge is 2.15. The Labute approximate surface area is 99.8 Å². The van der Waals surface area contributed by atoms with Crippen molar-refractivity contribution in [3.05, 3.63) is 23.5 Å². The predicted octanol–water partition coefficient (Wildman–Crippen LogP) is 1.40. The molecule has 5 heteroatoms. The number of halogens is 1. The molecule has 0 saturated carbocycles. The summed E-state index contributed by atoms with van der Waals surface area (Å²) in [4.78, 5) is 18.7. The van der Waals surface area contributed by atoms with Gasteiger partial charge >= 0.3 is 0 Å². The van der Waals surface area contributed by atoms with Gasteiger partial charge in [0, 0.05) is 38.6 Å². The van der Waals surface area contributed by atoms with Crippen molar-refractivity contribution in [2.75, 3.05) is 31.1 Å². The van der Waals surface area contributed by atoms with Crippen LogP contribution in [0.4, 0.5) is 5.69 Å². The average molecular weight is 240 g/mol. The number of anilines is 1. The maximum atomic E-state index is 10.7. The van der Waals surface area contributed by atoms with Gasteiger partial charge in [0.2, 0.25) is 6.41 Å². The lowest BCUT2D eigenvalue weighted by atomic mass is 10.3. The Bertz CT molecular complexity index is 372. The van der Waals surface area contributed by atoms with E-state index in [1.54, 1.807) is 17.3 Å². The first-order valence-corrected chi connectivity index (χ1v) is 5.73. The summed E-state index contributed by atoms with van der Waals surface area (Å²) in [6.07, 6.45) is 5.28. The Kier molecular flexibility index (Phi) is 3.62. The van der Waals surface area contributed by atoms with E-state index in [0.29, 0.717) is 5.02 Å². The largest absolute Gasteiger partial charge is 0.368 e. The number of carbonyl (C=O) groups is 1. The van der Waals surface area contributed by atoms with Crippen molar-refractivity contribution in [3.63, 3.8) is 0 Å². The van der Waals surface area contributed by atoms with Gasteiger partial charge in [-0.2, -0.15) is 0 Å². The summed E-state index contributed by atoms with van der Waals surface area (Å²) in [5.74, 6) is 0. The zero-order valence-electron chi connectivity index (χ0n) is 8.97. The SMILES string of the molecule is O=CN1CCCN(c2ccncc2Cl)CC1. The molecule has 1 aliphatic rings. The second-order valence-electron chi connectivity index (χ2n) is 3.81. The first-order valence-electron chi connectivity index (χ1n) is 5.35. The third kappa shape index (κ3) is 2.44. The minimum Gasteiger partial charge on any atom is -0.368 e. The van der Waals surface area contributed by atoms with E-state index in [1.165, 1.54) is 0 Å². The van der Waals surface area contributed by atoms with Crippen LogP contribution in [0, 0.1) is 0 Å². The molecule has 86 valence electrons. The smallest absolute Gasteiger partial charge is 0.209 e. The van der Waals surface area contributed by atoms with Crippen LogP contribution >= 0.6 is 11.6 Å². The molecule has 0 aliphatic carbocycles. The zero-order valence-corrected chi connectivity index (χ0v) is 9.73. The predicted molar refractivity (Wildman–Crippen MR) is 63.7 cm³/mol. The number of carbonyl (C=O) groups excluding carboxylic acids is 1. The summed E-state index contributed by atoms with van der Waals surface area (Å²) in [7, 11) is 0. The molecule has 1 fully saturated rings. The van der Waals surface area contributed by atoms with Crippen LogP contribution < -0.4 is 4.90 Å². The van der Waals surface area contributed by atoms with E-state index in [1.807, 2.05) is 6.07 Å². The van der Waals surface area contributed by atoms with E-state index < -0.39 is 0 Å². The fraction of sp³-hybridized carbons (Fsp3) is 0.455. The number of nitrogens with zero attached hydrogens (tertiary/aromatic N) is 3. The summed E-state index contributed by atoms with van der Waals surface area (Å²) >= 11 is 6.09. The monoisotopic (exact) mass is 239 g/mol. The molecule has 2 rings (SSSR count). The summed E-state index contributed by atoms with van der Waals surface area (Å²) in [6, 6.07) is 1.92. The first kappa shape index (κ1) is 11.2. The molecule has 1 aliphatic heterocycles. The number of rotatable bonds is 2. The topological polar surface area (TPSA) is 36.4 Å². The minimum absolute atomic E-state index is 0.669. The molecule has 0 N–H and O–H groups in total. The van der Waals surface area contributed by atoms with Gasteiger partial charge < -0.3 is 9.80 Å². The van der Waals surface area contributed by atoms with Gasteiger partial charge in [0.05, 0.1) is 10.7 Å². The third-order valence-corrected chi connectivity index (χ3v) is 3.06. The minimum atomic E-state index is 0.669. The molecule has 0 spiro atoms. The highest BCUT2D eigenvalue weighted by Crippen LogP contribution is 2.24. The summed E-state index contributed by atoms with van der Waals surface area (Å²) in [6.45, 7) is 3.32. The van der Waals surface area contributed by atoms with Crippen molar-refractivity contribution in [2.24, 2.45) is 0 Å². The molecule has 16 heavy (non-hydrogen) atoms. The Hall–Kier alpha value is -1.29. The summed E-state index contributed by atoms with van der Waals surface area (Å²) in [5.41, 5.74) is 1.00. The molecular formula is C11H14ClN3O. The van der Waals surface area contributed by atoms with Crippen molar-refractivity contribution in [1.29, 1.82) is 0 Å². The molecule has 1 aromatic heterocycles. The average Bonchev–Trinajstić information content (AvgIpc) is 2.55. The lowest BCUT2D eigenvalue weighted by Gasteiger charge is -2.23. The number of pyridine rings is 1. The Balaban J connectivity index is 2.10. The van der Waals surface area contributed by atoms with Crippen LogP contribution in [-0.2, 0) is 4.79 Å². The van der Waals surface area contributed by atoms with Crippen molar-refractivity contribution < 1.29 is 4.79 Å². The fourth-order valence-corrected chi connectivity index (χ4v) is 2.15. The van der Waals surface area contributed by atoms with Gasteiger partial charge in [-0.15, -0.1) is 0 Å². The van der Waals surface area contributed by atoms with Crippen molar-refractivity contribution in [2.45, 2.75) is 6.42 Å². The maximum absolute atomic E-state index is 10.7. The quantitative estimate of drug-likeness (QED) is 0.732. The molecule has 0 atom stereocenters. The molecule has 1 aromatic rings. The van der Waals surface area contributed by atoms with Crippen LogP contribution in [0.2, 0.25) is 5.02 Å². The van der Waals surface area contributed by atoms with Gasteiger partial charge in [-0.25, -0.2) is 0 Å². The van der Waals surface area contributed by atoms with Crippen LogP contribution in [0.15, 0.2) is 18.5 Å². The van der Waals surface area contributed by atoms with Crippen LogP contribution in [0.3, 0.4) is 0 Å². The molecule has 1 amide bonds. The fourth-order valence-electron chi connectivity index (χ4n) is 1.91. The number of amides is 1. The molecule has 1 saturated heterocycles. The molecule has 0 bridgehead atoms. The van der Waals surface area contributed by atoms with Crippen LogP contribution in [0.1, 0.15) is 6.42 Å². The number of hydrogen-bond acceptors (Lipinski definition) is 3. The molecule has 0 radical (unpaired) electrons. The Morgan fingerprint density at radius 1 is 1.31 bits per heavy atom. The van der Waals surface area contributed by atoms with Gasteiger partial charge in [-0.05, 0) is 12.5 Å². The highest BCUT2D eigenvalue weighted by atomic mass is 35.5. The van der Waals surface area contributed by atoms with E-state index in [-0.39, 0.29) is 0 Å².